The Labute approximate surface area is 117 Å². The fourth-order valence-corrected chi connectivity index (χ4v) is 1.60. The zero-order valence-corrected chi connectivity index (χ0v) is 11.2. The molecule has 19 heavy (non-hydrogen) atoms. The smallest absolute Gasteiger partial charge is 0.253 e. The summed E-state index contributed by atoms with van der Waals surface area (Å²) in [5.74, 6) is -0.428. The minimum atomic E-state index is -0.239. The molecule has 2 rings (SSSR count). The van der Waals surface area contributed by atoms with E-state index in [4.69, 9.17) is 0 Å². The summed E-state index contributed by atoms with van der Waals surface area (Å²) in [6.07, 6.45) is 3.12. The summed E-state index contributed by atoms with van der Waals surface area (Å²) in [4.78, 5) is 15.6. The lowest BCUT2D eigenvalue weighted by atomic mass is 10.1. The van der Waals surface area contributed by atoms with Crippen molar-refractivity contribution in [2.24, 2.45) is 0 Å². The van der Waals surface area contributed by atoms with Crippen molar-refractivity contribution >= 4 is 18.3 Å². The number of nitrogens with one attached hydrogen (secondary N) is 1. The first-order valence-corrected chi connectivity index (χ1v) is 5.60. The van der Waals surface area contributed by atoms with Crippen LogP contribution < -0.4 is 5.32 Å². The maximum Gasteiger partial charge on any atom is 0.253 e. The number of pyridine rings is 1. The Morgan fingerprint density at radius 3 is 2.79 bits per heavy atom. The molecule has 1 heterocycles. The van der Waals surface area contributed by atoms with Gasteiger partial charge in [0, 0.05) is 18.9 Å². The Bertz CT molecular complexity index is 561. The molecule has 0 atom stereocenters. The van der Waals surface area contributed by atoms with Gasteiger partial charge in [0.2, 0.25) is 0 Å². The fourth-order valence-electron chi connectivity index (χ4n) is 1.60. The lowest BCUT2D eigenvalue weighted by Gasteiger charge is -2.06. The van der Waals surface area contributed by atoms with Gasteiger partial charge in [-0.3, -0.25) is 9.78 Å². The molecule has 0 spiro atoms. The minimum absolute atomic E-state index is 0. The van der Waals surface area contributed by atoms with E-state index in [0.29, 0.717) is 17.7 Å². The van der Waals surface area contributed by atoms with Gasteiger partial charge in [-0.2, -0.15) is 0 Å². The van der Waals surface area contributed by atoms with E-state index in [1.165, 1.54) is 12.3 Å². The highest BCUT2D eigenvalue weighted by Gasteiger charge is 2.05. The molecule has 3 nitrogen and oxygen atoms in total. The number of aryl methyl sites for hydroxylation is 1. The Balaban J connectivity index is 0.00000180. The number of aromatic nitrogens is 1. The molecule has 0 bridgehead atoms. The van der Waals surface area contributed by atoms with Gasteiger partial charge in [-0.15, -0.1) is 12.4 Å². The molecule has 1 N–H and O–H groups in total. The van der Waals surface area contributed by atoms with Gasteiger partial charge in [0.1, 0.15) is 5.82 Å². The standard InChI is InChI=1S/C14H13FN2O.ClH/c1-10-7-11(4-5-13(10)15)8-17-14(18)12-3-2-6-16-9-12;/h2-7,9H,8H2,1H3,(H,17,18);1H. The van der Waals surface area contributed by atoms with Crippen molar-refractivity contribution in [1.82, 2.24) is 10.3 Å². The van der Waals surface area contributed by atoms with Crippen molar-refractivity contribution in [3.63, 3.8) is 0 Å². The number of halogens is 2. The molecule has 0 aliphatic heterocycles. The second kappa shape index (κ2) is 6.85. The molecule has 1 amide bonds. The Kier molecular flexibility index (Phi) is 5.45. The van der Waals surface area contributed by atoms with Crippen LogP contribution in [0.1, 0.15) is 21.5 Å². The second-order valence-electron chi connectivity index (χ2n) is 4.01. The lowest BCUT2D eigenvalue weighted by molar-refractivity contribution is 0.0950. The van der Waals surface area contributed by atoms with Crippen LogP contribution in [0.4, 0.5) is 4.39 Å². The summed E-state index contributed by atoms with van der Waals surface area (Å²) in [7, 11) is 0. The highest BCUT2D eigenvalue weighted by atomic mass is 35.5. The minimum Gasteiger partial charge on any atom is -0.348 e. The number of nitrogens with zero attached hydrogens (tertiary/aromatic N) is 1. The third kappa shape index (κ3) is 4.03. The van der Waals surface area contributed by atoms with Gasteiger partial charge in [-0.25, -0.2) is 4.39 Å². The Morgan fingerprint density at radius 1 is 1.37 bits per heavy atom. The molecule has 0 aliphatic carbocycles. The Hall–Kier alpha value is -1.94. The van der Waals surface area contributed by atoms with Crippen molar-refractivity contribution in [2.45, 2.75) is 13.5 Å². The third-order valence-electron chi connectivity index (χ3n) is 2.60. The summed E-state index contributed by atoms with van der Waals surface area (Å²) in [5, 5.41) is 2.76. The van der Waals surface area contributed by atoms with Crippen LogP contribution in [0.25, 0.3) is 0 Å². The van der Waals surface area contributed by atoms with E-state index in [1.54, 1.807) is 37.4 Å². The fraction of sp³-hybridized carbons (Fsp3) is 0.143. The number of benzene rings is 1. The van der Waals surface area contributed by atoms with Crippen molar-refractivity contribution in [1.29, 1.82) is 0 Å². The van der Waals surface area contributed by atoms with Crippen molar-refractivity contribution < 1.29 is 9.18 Å². The molecular weight excluding hydrogens is 267 g/mol. The topological polar surface area (TPSA) is 42.0 Å². The molecule has 0 unspecified atom stereocenters. The van der Waals surface area contributed by atoms with Crippen LogP contribution >= 0.6 is 12.4 Å². The molecule has 5 heteroatoms. The zero-order valence-electron chi connectivity index (χ0n) is 10.4. The lowest BCUT2D eigenvalue weighted by Crippen LogP contribution is -2.22. The number of carbonyl (C=O) groups is 1. The third-order valence-corrected chi connectivity index (χ3v) is 2.60. The Morgan fingerprint density at radius 2 is 2.16 bits per heavy atom. The molecule has 0 radical (unpaired) electrons. The van der Waals surface area contributed by atoms with Crippen LogP contribution in [0, 0.1) is 12.7 Å². The first-order valence-electron chi connectivity index (χ1n) is 5.60. The monoisotopic (exact) mass is 280 g/mol. The first-order chi connectivity index (χ1) is 8.66. The summed E-state index contributed by atoms with van der Waals surface area (Å²) in [6.45, 7) is 2.07. The molecule has 0 fully saturated rings. The van der Waals surface area contributed by atoms with Crippen LogP contribution in [-0.2, 0) is 6.54 Å². The van der Waals surface area contributed by atoms with Gasteiger partial charge in [0.25, 0.3) is 5.91 Å². The van der Waals surface area contributed by atoms with E-state index in [0.717, 1.165) is 5.56 Å². The maximum absolute atomic E-state index is 13.1. The molecule has 1 aromatic carbocycles. The van der Waals surface area contributed by atoms with Crippen molar-refractivity contribution in [3.8, 4) is 0 Å². The quantitative estimate of drug-likeness (QED) is 0.939. The number of hydrogen-bond acceptors (Lipinski definition) is 2. The molecule has 1 aromatic heterocycles. The largest absolute Gasteiger partial charge is 0.348 e. The van der Waals surface area contributed by atoms with Crippen LogP contribution in [0.5, 0.6) is 0 Å². The normalized spacial score (nSPS) is 9.58. The maximum atomic E-state index is 13.1. The van der Waals surface area contributed by atoms with Gasteiger partial charge in [0.05, 0.1) is 5.56 Å². The SMILES string of the molecule is Cc1cc(CNC(=O)c2cccnc2)ccc1F.Cl. The van der Waals surface area contributed by atoms with Crippen molar-refractivity contribution in [2.75, 3.05) is 0 Å². The van der Waals surface area contributed by atoms with E-state index >= 15 is 0 Å². The van der Waals surface area contributed by atoms with Gasteiger partial charge in [0.15, 0.2) is 0 Å². The average molecular weight is 281 g/mol. The van der Waals surface area contributed by atoms with Crippen LogP contribution in [0.2, 0.25) is 0 Å². The van der Waals surface area contributed by atoms with E-state index in [2.05, 4.69) is 10.3 Å². The highest BCUT2D eigenvalue weighted by molar-refractivity contribution is 5.93. The van der Waals surface area contributed by atoms with Crippen LogP contribution in [0.3, 0.4) is 0 Å². The molecule has 0 aliphatic rings. The second-order valence-corrected chi connectivity index (χ2v) is 4.01. The van der Waals surface area contributed by atoms with E-state index < -0.39 is 0 Å². The van der Waals surface area contributed by atoms with E-state index in [1.807, 2.05) is 0 Å². The number of rotatable bonds is 3. The molecule has 0 saturated heterocycles. The summed E-state index contributed by atoms with van der Waals surface area (Å²) in [5.41, 5.74) is 1.95. The van der Waals surface area contributed by atoms with Gasteiger partial charge < -0.3 is 5.32 Å². The zero-order chi connectivity index (χ0) is 13.0. The number of hydrogen-bond donors (Lipinski definition) is 1. The summed E-state index contributed by atoms with van der Waals surface area (Å²) < 4.78 is 13.1. The van der Waals surface area contributed by atoms with E-state index in [9.17, 15) is 9.18 Å². The summed E-state index contributed by atoms with van der Waals surface area (Å²) in [6, 6.07) is 8.18. The van der Waals surface area contributed by atoms with E-state index in [-0.39, 0.29) is 24.1 Å². The number of amides is 1. The predicted octanol–water partition coefficient (Wildman–Crippen LogP) is 2.88. The first kappa shape index (κ1) is 15.1. The van der Waals surface area contributed by atoms with Crippen LogP contribution in [0.15, 0.2) is 42.7 Å². The molecule has 2 aromatic rings. The molecule has 0 saturated carbocycles. The summed E-state index contributed by atoms with van der Waals surface area (Å²) >= 11 is 0. The highest BCUT2D eigenvalue weighted by Crippen LogP contribution is 2.09. The van der Waals surface area contributed by atoms with Gasteiger partial charge in [-0.05, 0) is 36.2 Å². The van der Waals surface area contributed by atoms with Gasteiger partial charge in [-0.1, -0.05) is 12.1 Å². The van der Waals surface area contributed by atoms with Crippen LogP contribution in [-0.4, -0.2) is 10.9 Å². The molecule has 100 valence electrons. The predicted molar refractivity (Wildman–Crippen MR) is 73.8 cm³/mol. The average Bonchev–Trinajstić information content (AvgIpc) is 2.41. The van der Waals surface area contributed by atoms with Gasteiger partial charge >= 0.3 is 0 Å². The number of carbonyl (C=O) groups excluding carboxylic acids is 1. The van der Waals surface area contributed by atoms with Crippen molar-refractivity contribution in [3.05, 3.63) is 65.2 Å². The molecular formula is C14H14ClFN2O.